The summed E-state index contributed by atoms with van der Waals surface area (Å²) in [6, 6.07) is 0.629. The predicted octanol–water partition coefficient (Wildman–Crippen LogP) is 3.28. The molecule has 2 fully saturated rings. The molecule has 18 heavy (non-hydrogen) atoms. The lowest BCUT2D eigenvalue weighted by atomic mass is 9.85. The van der Waals surface area contributed by atoms with Crippen molar-refractivity contribution in [1.82, 2.24) is 10.2 Å². The van der Waals surface area contributed by atoms with Crippen LogP contribution >= 0.6 is 0 Å². The zero-order chi connectivity index (χ0) is 13.0. The van der Waals surface area contributed by atoms with Crippen LogP contribution in [0.4, 0.5) is 0 Å². The first-order valence-corrected chi connectivity index (χ1v) is 8.09. The summed E-state index contributed by atoms with van der Waals surface area (Å²) in [5.41, 5.74) is 0.590. The third-order valence-electron chi connectivity index (χ3n) is 5.06. The van der Waals surface area contributed by atoms with Gasteiger partial charge in [-0.2, -0.15) is 0 Å². The monoisotopic (exact) mass is 252 g/mol. The molecule has 0 aromatic carbocycles. The van der Waals surface area contributed by atoms with Gasteiger partial charge >= 0.3 is 0 Å². The average Bonchev–Trinajstić information content (AvgIpc) is 2.97. The minimum Gasteiger partial charge on any atom is -0.314 e. The van der Waals surface area contributed by atoms with Gasteiger partial charge in [0.2, 0.25) is 0 Å². The molecule has 1 saturated carbocycles. The van der Waals surface area contributed by atoms with Crippen molar-refractivity contribution in [2.24, 2.45) is 11.3 Å². The maximum Gasteiger partial charge on any atom is 0.00503 e. The second-order valence-electron chi connectivity index (χ2n) is 7.04. The molecule has 1 heterocycles. The third-order valence-corrected chi connectivity index (χ3v) is 5.06. The van der Waals surface area contributed by atoms with Crippen LogP contribution in [-0.2, 0) is 0 Å². The molecule has 0 spiro atoms. The molecule has 2 aliphatic rings. The molecule has 1 aliphatic carbocycles. The van der Waals surface area contributed by atoms with E-state index in [4.69, 9.17) is 0 Å². The summed E-state index contributed by atoms with van der Waals surface area (Å²) >= 11 is 0. The average molecular weight is 252 g/mol. The molecule has 106 valence electrons. The summed E-state index contributed by atoms with van der Waals surface area (Å²) in [6.45, 7) is 12.2. The Bertz CT molecular complexity index is 243. The minimum absolute atomic E-state index is 0.590. The van der Waals surface area contributed by atoms with Crippen molar-refractivity contribution < 1.29 is 0 Å². The van der Waals surface area contributed by atoms with Crippen molar-refractivity contribution in [3.8, 4) is 0 Å². The highest BCUT2D eigenvalue weighted by molar-refractivity contribution is 4.91. The van der Waals surface area contributed by atoms with Crippen LogP contribution in [0.5, 0.6) is 0 Å². The van der Waals surface area contributed by atoms with Gasteiger partial charge in [0.25, 0.3) is 0 Å². The number of hydrogen-bond acceptors (Lipinski definition) is 2. The van der Waals surface area contributed by atoms with E-state index in [2.05, 4.69) is 31.0 Å². The normalized spacial score (nSPS) is 28.3. The number of hydrogen-bond donors (Lipinski definition) is 1. The zero-order valence-corrected chi connectivity index (χ0v) is 12.7. The fourth-order valence-electron chi connectivity index (χ4n) is 3.80. The summed E-state index contributed by atoms with van der Waals surface area (Å²) in [4.78, 5) is 2.75. The Morgan fingerprint density at radius 2 is 2.00 bits per heavy atom. The van der Waals surface area contributed by atoms with Gasteiger partial charge in [-0.1, -0.05) is 40.0 Å². The summed E-state index contributed by atoms with van der Waals surface area (Å²) in [5, 5.41) is 3.70. The lowest BCUT2D eigenvalue weighted by molar-refractivity contribution is 0.165. The Kier molecular flexibility index (Phi) is 5.08. The van der Waals surface area contributed by atoms with Gasteiger partial charge in [0.05, 0.1) is 0 Å². The van der Waals surface area contributed by atoms with E-state index in [9.17, 15) is 0 Å². The van der Waals surface area contributed by atoms with E-state index in [-0.39, 0.29) is 0 Å². The van der Waals surface area contributed by atoms with Crippen molar-refractivity contribution in [3.05, 3.63) is 0 Å². The van der Waals surface area contributed by atoms with Gasteiger partial charge < -0.3 is 10.2 Å². The Balaban J connectivity index is 1.86. The lowest BCUT2D eigenvalue weighted by Gasteiger charge is -2.34. The van der Waals surface area contributed by atoms with E-state index >= 15 is 0 Å². The highest BCUT2D eigenvalue weighted by atomic mass is 15.2. The maximum absolute atomic E-state index is 3.70. The second kappa shape index (κ2) is 6.38. The maximum atomic E-state index is 3.70. The van der Waals surface area contributed by atoms with Crippen molar-refractivity contribution in [1.29, 1.82) is 0 Å². The first-order chi connectivity index (χ1) is 8.63. The van der Waals surface area contributed by atoms with Crippen LogP contribution < -0.4 is 5.32 Å². The van der Waals surface area contributed by atoms with Gasteiger partial charge in [-0.15, -0.1) is 0 Å². The van der Waals surface area contributed by atoms with Crippen LogP contribution in [-0.4, -0.2) is 37.1 Å². The Labute approximate surface area is 114 Å². The molecule has 0 radical (unpaired) electrons. The van der Waals surface area contributed by atoms with Gasteiger partial charge in [-0.25, -0.2) is 0 Å². The fraction of sp³-hybridized carbons (Fsp3) is 1.00. The van der Waals surface area contributed by atoms with Gasteiger partial charge in [0.1, 0.15) is 0 Å². The summed E-state index contributed by atoms with van der Waals surface area (Å²) < 4.78 is 0. The van der Waals surface area contributed by atoms with E-state index < -0.39 is 0 Å². The number of rotatable bonds is 6. The quantitative estimate of drug-likeness (QED) is 0.780. The largest absolute Gasteiger partial charge is 0.314 e. The van der Waals surface area contributed by atoms with E-state index in [0.29, 0.717) is 11.5 Å². The molecule has 0 aromatic heterocycles. The Morgan fingerprint density at radius 3 is 2.56 bits per heavy atom. The van der Waals surface area contributed by atoms with E-state index in [1.807, 2.05) is 0 Å². The molecule has 1 saturated heterocycles. The summed E-state index contributed by atoms with van der Waals surface area (Å²) in [7, 11) is 0. The van der Waals surface area contributed by atoms with Crippen LogP contribution in [0.2, 0.25) is 0 Å². The molecule has 0 aromatic rings. The predicted molar refractivity (Wildman–Crippen MR) is 78.9 cm³/mol. The van der Waals surface area contributed by atoms with Gasteiger partial charge in [-0.3, -0.25) is 0 Å². The fourth-order valence-corrected chi connectivity index (χ4v) is 3.80. The highest BCUT2D eigenvalue weighted by Gasteiger charge is 2.36. The van der Waals surface area contributed by atoms with E-state index in [0.717, 1.165) is 5.92 Å². The van der Waals surface area contributed by atoms with Crippen LogP contribution in [0, 0.1) is 11.3 Å². The molecule has 1 atom stereocenters. The molecule has 2 rings (SSSR count). The van der Waals surface area contributed by atoms with Crippen molar-refractivity contribution in [2.75, 3.05) is 26.2 Å². The molecule has 0 amide bonds. The smallest absolute Gasteiger partial charge is 0.00503 e. The Morgan fingerprint density at radius 1 is 1.28 bits per heavy atom. The third kappa shape index (κ3) is 3.71. The SMILES string of the molecule is CCC1CCN(CC2(CNC(C)C)CCCC2)C1. The highest BCUT2D eigenvalue weighted by Crippen LogP contribution is 2.39. The molecule has 1 aliphatic heterocycles. The Hall–Kier alpha value is -0.0800. The first kappa shape index (κ1) is 14.3. The van der Waals surface area contributed by atoms with Crippen LogP contribution in [0.3, 0.4) is 0 Å². The van der Waals surface area contributed by atoms with Gasteiger partial charge in [0.15, 0.2) is 0 Å². The molecule has 2 heteroatoms. The van der Waals surface area contributed by atoms with Crippen molar-refractivity contribution in [3.63, 3.8) is 0 Å². The molecule has 2 nitrogen and oxygen atoms in total. The van der Waals surface area contributed by atoms with Crippen molar-refractivity contribution >= 4 is 0 Å². The van der Waals surface area contributed by atoms with Crippen molar-refractivity contribution in [2.45, 2.75) is 65.3 Å². The van der Waals surface area contributed by atoms with Crippen LogP contribution in [0.1, 0.15) is 59.3 Å². The number of nitrogens with zero attached hydrogens (tertiary/aromatic N) is 1. The number of nitrogens with one attached hydrogen (secondary N) is 1. The molecule has 1 N–H and O–H groups in total. The minimum atomic E-state index is 0.590. The molecule has 1 unspecified atom stereocenters. The number of likely N-dealkylation sites (tertiary alicyclic amines) is 1. The van der Waals surface area contributed by atoms with Crippen LogP contribution in [0.25, 0.3) is 0 Å². The zero-order valence-electron chi connectivity index (χ0n) is 12.7. The molecule has 0 bridgehead atoms. The lowest BCUT2D eigenvalue weighted by Crippen LogP contribution is -2.43. The van der Waals surface area contributed by atoms with E-state index in [1.54, 1.807) is 0 Å². The van der Waals surface area contributed by atoms with Crippen LogP contribution in [0.15, 0.2) is 0 Å². The standard InChI is InChI=1S/C16H32N2/c1-4-15-7-10-18(11-15)13-16(8-5-6-9-16)12-17-14(2)3/h14-15,17H,4-13H2,1-3H3. The van der Waals surface area contributed by atoms with Gasteiger partial charge in [-0.05, 0) is 37.1 Å². The summed E-state index contributed by atoms with van der Waals surface area (Å²) in [5.74, 6) is 0.974. The summed E-state index contributed by atoms with van der Waals surface area (Å²) in [6.07, 6.45) is 8.59. The van der Waals surface area contributed by atoms with E-state index in [1.165, 1.54) is 64.7 Å². The first-order valence-electron chi connectivity index (χ1n) is 8.09. The van der Waals surface area contributed by atoms with Gasteiger partial charge in [0, 0.05) is 25.7 Å². The second-order valence-corrected chi connectivity index (χ2v) is 7.04. The molecular weight excluding hydrogens is 220 g/mol. The topological polar surface area (TPSA) is 15.3 Å². The molecular formula is C16H32N2.